The van der Waals surface area contributed by atoms with Gasteiger partial charge in [0.05, 0.1) is 16.8 Å². The van der Waals surface area contributed by atoms with Crippen LogP contribution in [0.4, 0.5) is 17.1 Å². The van der Waals surface area contributed by atoms with Crippen LogP contribution in [0.3, 0.4) is 0 Å². The Kier molecular flexibility index (Phi) is 8.40. The third kappa shape index (κ3) is 5.81. The summed E-state index contributed by atoms with van der Waals surface area (Å²) in [5.74, 6) is 0. The van der Waals surface area contributed by atoms with Crippen molar-refractivity contribution in [2.75, 3.05) is 4.90 Å². The molecule has 0 radical (unpaired) electrons. The van der Waals surface area contributed by atoms with E-state index in [1.54, 1.807) is 0 Å². The SMILES string of the molecule is c1ccc(-c2ccc3c(c2)oc2c(-c4ccccc4)ccc(N(c4ccc5oc6c(-c7ccccc7)ccc(-c7ccccc7)c6c5c4)c4cccc5sc6ccccc6c45)c23)cc1. The van der Waals surface area contributed by atoms with Crippen LogP contribution in [0.15, 0.2) is 233 Å². The van der Waals surface area contributed by atoms with Gasteiger partial charge in [-0.15, -0.1) is 11.3 Å². The Labute approximate surface area is 373 Å². The van der Waals surface area contributed by atoms with Gasteiger partial charge in [0, 0.05) is 53.1 Å². The number of fused-ring (bicyclic) bond motifs is 9. The Balaban J connectivity index is 1.14. The van der Waals surface area contributed by atoms with Gasteiger partial charge in [0.15, 0.2) is 0 Å². The van der Waals surface area contributed by atoms with Crippen molar-refractivity contribution in [3.63, 3.8) is 0 Å². The Morgan fingerprint density at radius 1 is 0.312 bits per heavy atom. The summed E-state index contributed by atoms with van der Waals surface area (Å²) in [6.45, 7) is 0. The maximum Gasteiger partial charge on any atom is 0.145 e. The molecule has 3 nitrogen and oxygen atoms in total. The average molecular weight is 836 g/mol. The van der Waals surface area contributed by atoms with E-state index < -0.39 is 0 Å². The van der Waals surface area contributed by atoms with E-state index in [1.807, 2.05) is 11.3 Å². The molecule has 64 heavy (non-hydrogen) atoms. The van der Waals surface area contributed by atoms with E-state index in [4.69, 9.17) is 8.83 Å². The maximum atomic E-state index is 7.10. The molecule has 0 N–H and O–H groups in total. The summed E-state index contributed by atoms with van der Waals surface area (Å²) >= 11 is 1.84. The molecule has 4 heteroatoms. The number of benzene rings is 10. The quantitative estimate of drug-likeness (QED) is 0.160. The minimum atomic E-state index is 0.838. The van der Waals surface area contributed by atoms with E-state index in [9.17, 15) is 0 Å². The Morgan fingerprint density at radius 3 is 1.59 bits per heavy atom. The molecule has 13 aromatic rings. The fourth-order valence-electron chi connectivity index (χ4n) is 9.76. The van der Waals surface area contributed by atoms with Crippen molar-refractivity contribution in [2.45, 2.75) is 0 Å². The Morgan fingerprint density at radius 2 is 0.875 bits per heavy atom. The predicted octanol–water partition coefficient (Wildman–Crippen LogP) is 18.0. The summed E-state index contributed by atoms with van der Waals surface area (Å²) < 4.78 is 16.6. The van der Waals surface area contributed by atoms with Crippen molar-refractivity contribution in [3.8, 4) is 44.5 Å². The molecule has 0 fully saturated rings. The number of hydrogen-bond donors (Lipinski definition) is 0. The van der Waals surface area contributed by atoms with Crippen molar-refractivity contribution in [3.05, 3.63) is 224 Å². The molecule has 0 aliphatic heterocycles. The Bertz CT molecular complexity index is 3890. The monoisotopic (exact) mass is 835 g/mol. The fourth-order valence-corrected chi connectivity index (χ4v) is 10.9. The second-order valence-electron chi connectivity index (χ2n) is 16.3. The molecule has 3 aromatic heterocycles. The first-order chi connectivity index (χ1) is 31.7. The second kappa shape index (κ2) is 14.7. The fraction of sp³-hybridized carbons (Fsp3) is 0. The van der Waals surface area contributed by atoms with Crippen molar-refractivity contribution in [1.29, 1.82) is 0 Å². The summed E-state index contributed by atoms with van der Waals surface area (Å²) in [6, 6.07) is 80.2. The molecular weight excluding hydrogens is 799 g/mol. The zero-order chi connectivity index (χ0) is 42.1. The van der Waals surface area contributed by atoms with Gasteiger partial charge in [-0.2, -0.15) is 0 Å². The number of thiophene rings is 1. The lowest BCUT2D eigenvalue weighted by Crippen LogP contribution is -2.11. The van der Waals surface area contributed by atoms with Crippen LogP contribution in [-0.2, 0) is 0 Å². The summed E-state index contributed by atoms with van der Waals surface area (Å²) in [6.07, 6.45) is 0. The second-order valence-corrected chi connectivity index (χ2v) is 17.4. The van der Waals surface area contributed by atoms with Gasteiger partial charge in [-0.1, -0.05) is 158 Å². The normalized spacial score (nSPS) is 11.8. The molecular formula is C60H37NO2S. The van der Waals surface area contributed by atoms with Crippen LogP contribution in [0.2, 0.25) is 0 Å². The van der Waals surface area contributed by atoms with Gasteiger partial charge in [-0.25, -0.2) is 0 Å². The molecule has 0 saturated heterocycles. The van der Waals surface area contributed by atoms with E-state index in [-0.39, 0.29) is 0 Å². The largest absolute Gasteiger partial charge is 0.455 e. The molecule has 0 amide bonds. The number of furan rings is 2. The Hall–Kier alpha value is -8.18. The van der Waals surface area contributed by atoms with E-state index >= 15 is 0 Å². The highest BCUT2D eigenvalue weighted by Gasteiger charge is 2.26. The van der Waals surface area contributed by atoms with Gasteiger partial charge in [-0.3, -0.25) is 0 Å². The number of rotatable bonds is 7. The van der Waals surface area contributed by atoms with Crippen LogP contribution in [-0.4, -0.2) is 0 Å². The van der Waals surface area contributed by atoms with Crippen LogP contribution < -0.4 is 4.90 Å². The van der Waals surface area contributed by atoms with Crippen LogP contribution in [0.25, 0.3) is 109 Å². The van der Waals surface area contributed by atoms with Gasteiger partial charge >= 0.3 is 0 Å². The third-order valence-corrected chi connectivity index (χ3v) is 13.8. The van der Waals surface area contributed by atoms with Crippen LogP contribution in [0.1, 0.15) is 0 Å². The van der Waals surface area contributed by atoms with Crippen LogP contribution >= 0.6 is 11.3 Å². The highest BCUT2D eigenvalue weighted by atomic mass is 32.1. The van der Waals surface area contributed by atoms with Crippen LogP contribution in [0.5, 0.6) is 0 Å². The van der Waals surface area contributed by atoms with Crippen molar-refractivity contribution >= 4 is 92.4 Å². The zero-order valence-electron chi connectivity index (χ0n) is 34.5. The predicted molar refractivity (Wildman–Crippen MR) is 270 cm³/mol. The lowest BCUT2D eigenvalue weighted by atomic mass is 9.94. The molecule has 0 aliphatic rings. The first-order valence-corrected chi connectivity index (χ1v) is 22.5. The van der Waals surface area contributed by atoms with Crippen molar-refractivity contribution in [1.82, 2.24) is 0 Å². The van der Waals surface area contributed by atoms with Gasteiger partial charge < -0.3 is 13.7 Å². The number of nitrogens with zero attached hydrogens (tertiary/aromatic N) is 1. The van der Waals surface area contributed by atoms with E-state index in [0.717, 1.165) is 105 Å². The summed E-state index contributed by atoms with van der Waals surface area (Å²) in [4.78, 5) is 2.46. The highest BCUT2D eigenvalue weighted by molar-refractivity contribution is 7.26. The molecule has 0 spiro atoms. The topological polar surface area (TPSA) is 29.5 Å². The van der Waals surface area contributed by atoms with Gasteiger partial charge in [0.25, 0.3) is 0 Å². The van der Waals surface area contributed by atoms with E-state index in [1.165, 1.54) is 20.2 Å². The lowest BCUT2D eigenvalue weighted by Gasteiger charge is -2.27. The first kappa shape index (κ1) is 36.5. The molecule has 0 aliphatic carbocycles. The summed E-state index contributed by atoms with van der Waals surface area (Å²) in [5, 5.41) is 6.72. The minimum absolute atomic E-state index is 0.838. The van der Waals surface area contributed by atoms with Gasteiger partial charge in [-0.05, 0) is 100 Å². The van der Waals surface area contributed by atoms with Crippen molar-refractivity contribution in [2.24, 2.45) is 0 Å². The van der Waals surface area contributed by atoms with Gasteiger partial charge in [0.1, 0.15) is 22.3 Å². The lowest BCUT2D eigenvalue weighted by molar-refractivity contribution is 0.669. The summed E-state index contributed by atoms with van der Waals surface area (Å²) in [7, 11) is 0. The molecule has 10 aromatic carbocycles. The van der Waals surface area contributed by atoms with Crippen molar-refractivity contribution < 1.29 is 8.83 Å². The van der Waals surface area contributed by atoms with Crippen LogP contribution in [0, 0.1) is 0 Å². The number of anilines is 3. The molecule has 13 rings (SSSR count). The molecule has 0 unspecified atom stereocenters. The molecule has 0 atom stereocenters. The highest BCUT2D eigenvalue weighted by Crippen LogP contribution is 2.51. The maximum absolute atomic E-state index is 7.10. The molecule has 3 heterocycles. The average Bonchev–Trinajstić information content (AvgIpc) is 4.07. The molecule has 300 valence electrons. The zero-order valence-corrected chi connectivity index (χ0v) is 35.4. The number of hydrogen-bond acceptors (Lipinski definition) is 4. The molecule has 0 bridgehead atoms. The van der Waals surface area contributed by atoms with E-state index in [2.05, 4.69) is 229 Å². The van der Waals surface area contributed by atoms with Gasteiger partial charge in [0.2, 0.25) is 0 Å². The molecule has 0 saturated carbocycles. The summed E-state index contributed by atoms with van der Waals surface area (Å²) in [5.41, 5.74) is 15.4. The first-order valence-electron chi connectivity index (χ1n) is 21.7. The minimum Gasteiger partial charge on any atom is -0.455 e. The standard InChI is InChI=1S/C60H37NO2S/c1-5-16-38(17-6-1)42-28-30-47-53(36-42)63-60-46(41-22-11-4-12-23-41)33-34-51(58(47)60)61(50-25-15-27-55-57(50)48-24-13-14-26-54(48)64-55)43-29-35-52-49(37-43)56-44(39-18-7-2-8-19-39)31-32-45(59(56)62-52)40-20-9-3-10-21-40/h1-37H. The van der Waals surface area contributed by atoms with E-state index in [0.29, 0.717) is 0 Å². The third-order valence-electron chi connectivity index (χ3n) is 12.7. The smallest absolute Gasteiger partial charge is 0.145 e.